The van der Waals surface area contributed by atoms with Crippen LogP contribution in [0.15, 0.2) is 164 Å². The molecule has 0 fully saturated rings. The maximum atomic E-state index is 2.48. The van der Waals surface area contributed by atoms with Gasteiger partial charge in [-0.3, -0.25) is 0 Å². The van der Waals surface area contributed by atoms with Crippen molar-refractivity contribution in [1.29, 1.82) is 0 Å². The molecule has 1 nitrogen and oxygen atoms in total. The van der Waals surface area contributed by atoms with E-state index >= 15 is 0 Å². The van der Waals surface area contributed by atoms with Crippen LogP contribution in [0.25, 0.3) is 54.6 Å². The molecule has 0 aromatic heterocycles. The zero-order valence-corrected chi connectivity index (χ0v) is 26.0. The summed E-state index contributed by atoms with van der Waals surface area (Å²) >= 11 is 0. The van der Waals surface area contributed by atoms with Crippen LogP contribution < -0.4 is 4.90 Å². The van der Waals surface area contributed by atoms with Gasteiger partial charge >= 0.3 is 0 Å². The summed E-state index contributed by atoms with van der Waals surface area (Å²) in [5, 5.41) is 7.57. The molecule has 0 atom stereocenters. The summed E-state index contributed by atoms with van der Waals surface area (Å²) in [4.78, 5) is 2.48. The Balaban J connectivity index is 1.36. The molecule has 0 heterocycles. The first kappa shape index (κ1) is 26.7. The Morgan fingerprint density at radius 1 is 0.391 bits per heavy atom. The molecule has 0 N–H and O–H groups in total. The fourth-order valence-electron chi connectivity index (χ4n) is 7.76. The van der Waals surface area contributed by atoms with Crippen molar-refractivity contribution < 1.29 is 0 Å². The third-order valence-electron chi connectivity index (χ3n) is 10.0. The highest BCUT2D eigenvalue weighted by Gasteiger charge is 2.35. The van der Waals surface area contributed by atoms with E-state index in [4.69, 9.17) is 0 Å². The van der Waals surface area contributed by atoms with Gasteiger partial charge in [0.15, 0.2) is 0 Å². The molecule has 9 rings (SSSR count). The third kappa shape index (κ3) is 4.02. The van der Waals surface area contributed by atoms with Gasteiger partial charge in [0, 0.05) is 22.2 Å². The second kappa shape index (κ2) is 10.2. The van der Waals surface area contributed by atoms with Crippen LogP contribution in [0.3, 0.4) is 0 Å². The fraction of sp³-hybridized carbons (Fsp3) is 0.0667. The molecule has 0 saturated carbocycles. The van der Waals surface area contributed by atoms with Gasteiger partial charge in [0.25, 0.3) is 0 Å². The summed E-state index contributed by atoms with van der Waals surface area (Å²) in [6.45, 7) is 4.70. The average Bonchev–Trinajstić information content (AvgIpc) is 3.34. The van der Waals surface area contributed by atoms with E-state index in [1.54, 1.807) is 0 Å². The number of rotatable bonds is 4. The topological polar surface area (TPSA) is 3.24 Å². The summed E-state index contributed by atoms with van der Waals surface area (Å²) in [5.41, 5.74) is 11.3. The zero-order valence-electron chi connectivity index (χ0n) is 26.0. The highest BCUT2D eigenvalue weighted by atomic mass is 15.1. The molecule has 0 radical (unpaired) electrons. The second-order valence-corrected chi connectivity index (χ2v) is 13.0. The zero-order chi connectivity index (χ0) is 30.8. The lowest BCUT2D eigenvalue weighted by Crippen LogP contribution is -2.15. The number of hydrogen-bond acceptors (Lipinski definition) is 1. The molecular formula is C45H33N. The van der Waals surface area contributed by atoms with Gasteiger partial charge < -0.3 is 4.90 Å². The highest BCUT2D eigenvalue weighted by molar-refractivity contribution is 6.21. The molecule has 218 valence electrons. The number of nitrogens with zero attached hydrogens (tertiary/aromatic N) is 1. The van der Waals surface area contributed by atoms with E-state index in [2.05, 4.69) is 183 Å². The predicted octanol–water partition coefficient (Wildman–Crippen LogP) is 12.6. The summed E-state index contributed by atoms with van der Waals surface area (Å²) in [6, 6.07) is 60.3. The highest BCUT2D eigenvalue weighted by Crippen LogP contribution is 2.51. The van der Waals surface area contributed by atoms with Crippen molar-refractivity contribution in [3.63, 3.8) is 0 Å². The predicted molar refractivity (Wildman–Crippen MR) is 197 cm³/mol. The van der Waals surface area contributed by atoms with Gasteiger partial charge in [-0.1, -0.05) is 147 Å². The summed E-state index contributed by atoms with van der Waals surface area (Å²) in [6.07, 6.45) is 0. The molecule has 0 aliphatic heterocycles. The van der Waals surface area contributed by atoms with Crippen molar-refractivity contribution in [3.05, 3.63) is 175 Å². The Hall–Kier alpha value is -5.66. The molecule has 46 heavy (non-hydrogen) atoms. The molecule has 8 aromatic carbocycles. The van der Waals surface area contributed by atoms with Gasteiger partial charge in [0.05, 0.1) is 5.69 Å². The van der Waals surface area contributed by atoms with Crippen molar-refractivity contribution in [2.24, 2.45) is 0 Å². The molecule has 0 saturated heterocycles. The lowest BCUT2D eigenvalue weighted by molar-refractivity contribution is 0.660. The normalized spacial score (nSPS) is 13.2. The molecule has 0 spiro atoms. The summed E-state index contributed by atoms with van der Waals surface area (Å²) < 4.78 is 0. The van der Waals surface area contributed by atoms with Gasteiger partial charge in [-0.15, -0.1) is 0 Å². The van der Waals surface area contributed by atoms with Crippen molar-refractivity contribution in [1.82, 2.24) is 0 Å². The van der Waals surface area contributed by atoms with Gasteiger partial charge in [-0.05, 0) is 90.6 Å². The maximum absolute atomic E-state index is 2.48. The number of fused-ring (bicyclic) bond motifs is 8. The van der Waals surface area contributed by atoms with Crippen LogP contribution in [0, 0.1) is 0 Å². The summed E-state index contributed by atoms with van der Waals surface area (Å²) in [7, 11) is 0. The fourth-order valence-corrected chi connectivity index (χ4v) is 7.76. The SMILES string of the molecule is CC1(C)c2ccccc2-c2cc(N(c3cccc(-c4ccccc4)c3)c3cc4c5ccccc5ccc4c4ccccc34)ccc21. The monoisotopic (exact) mass is 587 g/mol. The molecular weight excluding hydrogens is 555 g/mol. The minimum atomic E-state index is -0.0446. The van der Waals surface area contributed by atoms with E-state index in [1.807, 2.05) is 0 Å². The van der Waals surface area contributed by atoms with E-state index < -0.39 is 0 Å². The van der Waals surface area contributed by atoms with E-state index in [1.165, 1.54) is 71.4 Å². The molecule has 0 amide bonds. The smallest absolute Gasteiger partial charge is 0.0546 e. The van der Waals surface area contributed by atoms with Crippen LogP contribution in [-0.4, -0.2) is 0 Å². The number of anilines is 3. The quantitative estimate of drug-likeness (QED) is 0.185. The molecule has 8 aromatic rings. The molecule has 0 unspecified atom stereocenters. The summed E-state index contributed by atoms with van der Waals surface area (Å²) in [5.74, 6) is 0. The first-order valence-electron chi connectivity index (χ1n) is 16.1. The lowest BCUT2D eigenvalue weighted by Gasteiger charge is -2.29. The van der Waals surface area contributed by atoms with E-state index in [0.717, 1.165) is 11.4 Å². The largest absolute Gasteiger partial charge is 0.310 e. The van der Waals surface area contributed by atoms with Crippen molar-refractivity contribution >= 4 is 49.4 Å². The van der Waals surface area contributed by atoms with E-state index in [0.29, 0.717) is 0 Å². The maximum Gasteiger partial charge on any atom is 0.0546 e. The molecule has 1 aliphatic rings. The Labute approximate surface area is 270 Å². The molecule has 0 bridgehead atoms. The van der Waals surface area contributed by atoms with Gasteiger partial charge in [0.2, 0.25) is 0 Å². The Morgan fingerprint density at radius 2 is 1.04 bits per heavy atom. The van der Waals surface area contributed by atoms with Crippen molar-refractivity contribution in [2.75, 3.05) is 4.90 Å². The molecule has 1 heteroatoms. The van der Waals surface area contributed by atoms with Crippen molar-refractivity contribution in [2.45, 2.75) is 19.3 Å². The van der Waals surface area contributed by atoms with Crippen molar-refractivity contribution in [3.8, 4) is 22.3 Å². The van der Waals surface area contributed by atoms with Crippen LogP contribution >= 0.6 is 0 Å². The minimum absolute atomic E-state index is 0.0446. The standard InChI is InChI=1S/C45H33N/c1-45(2)42-22-11-10-20-38(42)41-28-34(24-26-43(41)45)46(33-17-12-16-32(27-33)30-13-4-3-5-14-30)44-29-40-35-18-7-6-15-31(35)23-25-37(40)36-19-8-9-21-39(36)44/h3-29H,1-2H3. The van der Waals surface area contributed by atoms with Crippen LogP contribution in [0.2, 0.25) is 0 Å². The van der Waals surface area contributed by atoms with Crippen LogP contribution in [0.5, 0.6) is 0 Å². The lowest BCUT2D eigenvalue weighted by atomic mass is 9.82. The van der Waals surface area contributed by atoms with Gasteiger partial charge in [0.1, 0.15) is 0 Å². The van der Waals surface area contributed by atoms with Crippen LogP contribution in [0.4, 0.5) is 17.1 Å². The Bertz CT molecular complexity index is 2450. The first-order valence-corrected chi connectivity index (χ1v) is 16.1. The second-order valence-electron chi connectivity index (χ2n) is 13.0. The molecule has 1 aliphatic carbocycles. The average molecular weight is 588 g/mol. The number of benzene rings is 8. The third-order valence-corrected chi connectivity index (χ3v) is 10.0. The number of hydrogen-bond donors (Lipinski definition) is 0. The van der Waals surface area contributed by atoms with Gasteiger partial charge in [-0.25, -0.2) is 0 Å². The first-order chi connectivity index (χ1) is 22.6. The van der Waals surface area contributed by atoms with E-state index in [9.17, 15) is 0 Å². The van der Waals surface area contributed by atoms with E-state index in [-0.39, 0.29) is 5.41 Å². The Morgan fingerprint density at radius 3 is 1.91 bits per heavy atom. The van der Waals surface area contributed by atoms with Gasteiger partial charge in [-0.2, -0.15) is 0 Å². The Kier molecular flexibility index (Phi) is 5.92. The van der Waals surface area contributed by atoms with Crippen LogP contribution in [-0.2, 0) is 5.41 Å². The minimum Gasteiger partial charge on any atom is -0.310 e. The van der Waals surface area contributed by atoms with Crippen LogP contribution in [0.1, 0.15) is 25.0 Å².